The second kappa shape index (κ2) is 9.11. The largest absolute Gasteiger partial charge is 0.483 e. The van der Waals surface area contributed by atoms with Gasteiger partial charge in [-0.05, 0) is 18.9 Å². The predicted molar refractivity (Wildman–Crippen MR) is 100 cm³/mol. The Labute approximate surface area is 156 Å². The number of benzene rings is 1. The average molecular weight is 379 g/mol. The third-order valence-electron chi connectivity index (χ3n) is 4.06. The van der Waals surface area contributed by atoms with E-state index in [-0.39, 0.29) is 31.9 Å². The average Bonchev–Trinajstić information content (AvgIpc) is 2.97. The van der Waals surface area contributed by atoms with Gasteiger partial charge in [-0.2, -0.15) is 9.97 Å². The van der Waals surface area contributed by atoms with Gasteiger partial charge in [0.1, 0.15) is 11.6 Å². The van der Waals surface area contributed by atoms with Crippen molar-refractivity contribution in [2.24, 2.45) is 0 Å². The summed E-state index contributed by atoms with van der Waals surface area (Å²) in [6.07, 6.45) is 0.675. The van der Waals surface area contributed by atoms with Crippen LogP contribution in [-0.4, -0.2) is 47.1 Å². The smallest absolute Gasteiger partial charge is 0.290 e. The molecule has 27 heavy (non-hydrogen) atoms. The third-order valence-corrected chi connectivity index (χ3v) is 4.06. The molecule has 0 bridgehead atoms. The molecule has 0 unspecified atom stereocenters. The Morgan fingerprint density at radius 1 is 1.33 bits per heavy atom. The zero-order chi connectivity index (χ0) is 19.9. The van der Waals surface area contributed by atoms with Gasteiger partial charge in [0.2, 0.25) is 5.95 Å². The highest BCUT2D eigenvalue weighted by Crippen LogP contribution is 2.30. The van der Waals surface area contributed by atoms with Crippen LogP contribution < -0.4 is 16.0 Å². The number of nitrogens with two attached hydrogens (primary N) is 1. The maximum atomic E-state index is 13.4. The standard InChI is InChI=1S/C17H21F2N5.CH2O2/c1-12-2-4-13(5-3-12)6-8-21-14-10-15(23-16(20)22-14)24-9-7-17(18,19)11-24;2-1-3/h2-5,10H,6-9,11H2,1H3,(H3,20,21,22,23);1H,(H,2,3). The Morgan fingerprint density at radius 2 is 2.00 bits per heavy atom. The topological polar surface area (TPSA) is 104 Å². The fourth-order valence-corrected chi connectivity index (χ4v) is 2.73. The van der Waals surface area contributed by atoms with E-state index in [4.69, 9.17) is 15.6 Å². The Kier molecular flexibility index (Phi) is 6.86. The molecule has 0 radical (unpaired) electrons. The Balaban J connectivity index is 0.000000817. The minimum atomic E-state index is -2.67. The number of rotatable bonds is 5. The summed E-state index contributed by atoms with van der Waals surface area (Å²) in [6.45, 7) is 2.42. The van der Waals surface area contributed by atoms with Gasteiger partial charge in [-0.1, -0.05) is 29.8 Å². The summed E-state index contributed by atoms with van der Waals surface area (Å²) in [5.41, 5.74) is 8.16. The van der Waals surface area contributed by atoms with Gasteiger partial charge >= 0.3 is 0 Å². The van der Waals surface area contributed by atoms with Crippen molar-refractivity contribution in [2.45, 2.75) is 25.7 Å². The summed E-state index contributed by atoms with van der Waals surface area (Å²) < 4.78 is 26.7. The van der Waals surface area contributed by atoms with Crippen molar-refractivity contribution in [2.75, 3.05) is 35.6 Å². The first kappa shape index (κ1) is 20.3. The number of carbonyl (C=O) groups is 1. The lowest BCUT2D eigenvalue weighted by molar-refractivity contribution is -0.122. The molecule has 2 heterocycles. The molecule has 0 spiro atoms. The molecular formula is C18H23F2N5O2. The molecule has 1 fully saturated rings. The van der Waals surface area contributed by atoms with Crippen LogP contribution in [0.3, 0.4) is 0 Å². The molecule has 9 heteroatoms. The lowest BCUT2D eigenvalue weighted by atomic mass is 10.1. The van der Waals surface area contributed by atoms with Crippen LogP contribution in [0, 0.1) is 6.92 Å². The molecule has 146 valence electrons. The monoisotopic (exact) mass is 379 g/mol. The highest BCUT2D eigenvalue weighted by Gasteiger charge is 2.38. The van der Waals surface area contributed by atoms with Gasteiger partial charge < -0.3 is 21.1 Å². The fourth-order valence-electron chi connectivity index (χ4n) is 2.73. The molecule has 2 aromatic rings. The van der Waals surface area contributed by atoms with Crippen LogP contribution in [-0.2, 0) is 11.2 Å². The second-order valence-electron chi connectivity index (χ2n) is 6.26. The van der Waals surface area contributed by atoms with Crippen LogP contribution in [0.4, 0.5) is 26.4 Å². The molecule has 0 atom stereocenters. The molecule has 4 N–H and O–H groups in total. The molecular weight excluding hydrogens is 356 g/mol. The zero-order valence-corrected chi connectivity index (χ0v) is 15.0. The Bertz CT molecular complexity index is 756. The summed E-state index contributed by atoms with van der Waals surface area (Å²) in [5.74, 6) is -1.59. The minimum Gasteiger partial charge on any atom is -0.483 e. The SMILES string of the molecule is Cc1ccc(CCNc2cc(N3CCC(F)(F)C3)nc(N)n2)cc1.O=CO. The van der Waals surface area contributed by atoms with Gasteiger partial charge in [-0.3, -0.25) is 4.79 Å². The summed E-state index contributed by atoms with van der Waals surface area (Å²) in [7, 11) is 0. The molecule has 1 aliphatic rings. The predicted octanol–water partition coefficient (Wildman–Crippen LogP) is 2.57. The van der Waals surface area contributed by atoms with Crippen LogP contribution in [0.2, 0.25) is 0 Å². The van der Waals surface area contributed by atoms with Crippen molar-refractivity contribution < 1.29 is 18.7 Å². The van der Waals surface area contributed by atoms with E-state index in [9.17, 15) is 8.78 Å². The Hall–Kier alpha value is -2.97. The van der Waals surface area contributed by atoms with E-state index in [1.807, 2.05) is 0 Å². The maximum absolute atomic E-state index is 13.4. The van der Waals surface area contributed by atoms with Crippen molar-refractivity contribution >= 4 is 24.1 Å². The van der Waals surface area contributed by atoms with Crippen LogP contribution in [0.15, 0.2) is 30.3 Å². The maximum Gasteiger partial charge on any atom is 0.290 e. The summed E-state index contributed by atoms with van der Waals surface area (Å²) in [4.78, 5) is 18.1. The van der Waals surface area contributed by atoms with Gasteiger partial charge in [0.25, 0.3) is 12.4 Å². The van der Waals surface area contributed by atoms with Crippen molar-refractivity contribution in [3.63, 3.8) is 0 Å². The first-order valence-corrected chi connectivity index (χ1v) is 8.47. The number of alkyl halides is 2. The number of nitrogens with one attached hydrogen (secondary N) is 1. The fraction of sp³-hybridized carbons (Fsp3) is 0.389. The van der Waals surface area contributed by atoms with E-state index in [2.05, 4.69) is 46.5 Å². The van der Waals surface area contributed by atoms with Gasteiger partial charge in [-0.15, -0.1) is 0 Å². The van der Waals surface area contributed by atoms with Gasteiger partial charge in [-0.25, -0.2) is 8.78 Å². The van der Waals surface area contributed by atoms with Crippen LogP contribution in [0.5, 0.6) is 0 Å². The Morgan fingerprint density at radius 3 is 2.59 bits per heavy atom. The van der Waals surface area contributed by atoms with Gasteiger partial charge in [0.15, 0.2) is 0 Å². The van der Waals surface area contributed by atoms with E-state index in [1.165, 1.54) is 11.1 Å². The van der Waals surface area contributed by atoms with Crippen LogP contribution >= 0.6 is 0 Å². The van der Waals surface area contributed by atoms with Crippen molar-refractivity contribution in [1.82, 2.24) is 9.97 Å². The van der Waals surface area contributed by atoms with Crippen molar-refractivity contribution in [3.05, 3.63) is 41.5 Å². The lowest BCUT2D eigenvalue weighted by Gasteiger charge is -2.18. The number of aryl methyl sites for hydroxylation is 1. The van der Waals surface area contributed by atoms with Crippen LogP contribution in [0.25, 0.3) is 0 Å². The number of anilines is 3. The van der Waals surface area contributed by atoms with Gasteiger partial charge in [0.05, 0.1) is 6.54 Å². The third kappa shape index (κ3) is 6.36. The molecule has 1 aliphatic heterocycles. The van der Waals surface area contributed by atoms with E-state index in [0.29, 0.717) is 18.2 Å². The minimum absolute atomic E-state index is 0.0838. The number of nitrogen functional groups attached to an aromatic ring is 1. The zero-order valence-electron chi connectivity index (χ0n) is 15.0. The summed E-state index contributed by atoms with van der Waals surface area (Å²) in [6, 6.07) is 9.99. The lowest BCUT2D eigenvalue weighted by Crippen LogP contribution is -2.26. The number of halogens is 2. The molecule has 0 saturated carbocycles. The first-order chi connectivity index (χ1) is 12.8. The molecule has 3 rings (SSSR count). The van der Waals surface area contributed by atoms with Crippen molar-refractivity contribution in [3.8, 4) is 0 Å². The number of hydrogen-bond donors (Lipinski definition) is 3. The number of hydrogen-bond acceptors (Lipinski definition) is 6. The number of aromatic nitrogens is 2. The second-order valence-corrected chi connectivity index (χ2v) is 6.26. The highest BCUT2D eigenvalue weighted by atomic mass is 19.3. The van der Waals surface area contributed by atoms with Crippen LogP contribution in [0.1, 0.15) is 17.5 Å². The first-order valence-electron chi connectivity index (χ1n) is 8.47. The molecule has 1 aromatic heterocycles. The molecule has 1 aromatic carbocycles. The number of nitrogens with zero attached hydrogens (tertiary/aromatic N) is 3. The molecule has 0 amide bonds. The summed E-state index contributed by atoms with van der Waals surface area (Å²) >= 11 is 0. The quantitative estimate of drug-likeness (QED) is 0.686. The highest BCUT2D eigenvalue weighted by molar-refractivity contribution is 5.53. The summed E-state index contributed by atoms with van der Waals surface area (Å²) in [5, 5.41) is 10.1. The van der Waals surface area contributed by atoms with E-state index >= 15 is 0 Å². The van der Waals surface area contributed by atoms with E-state index in [0.717, 1.165) is 6.42 Å². The molecule has 7 nitrogen and oxygen atoms in total. The van der Waals surface area contributed by atoms with Crippen molar-refractivity contribution in [1.29, 1.82) is 0 Å². The molecule has 1 saturated heterocycles. The van der Waals surface area contributed by atoms with E-state index in [1.54, 1.807) is 11.0 Å². The normalized spacial score (nSPS) is 15.0. The number of carboxylic acid groups (broad SMARTS) is 1. The van der Waals surface area contributed by atoms with E-state index < -0.39 is 5.92 Å². The van der Waals surface area contributed by atoms with Gasteiger partial charge in [0, 0.05) is 25.6 Å². The molecule has 0 aliphatic carbocycles.